The second-order valence-corrected chi connectivity index (χ2v) is 1.14. The summed E-state index contributed by atoms with van der Waals surface area (Å²) in [6, 6.07) is 0. The van der Waals surface area contributed by atoms with Gasteiger partial charge in [-0.15, -0.1) is 0 Å². The molecule has 0 aromatic rings. The molecule has 0 unspecified atom stereocenters. The Bertz CT molecular complexity index is 49.5. The van der Waals surface area contributed by atoms with E-state index in [-0.39, 0.29) is 0 Å². The van der Waals surface area contributed by atoms with Crippen LogP contribution in [0.15, 0.2) is 0 Å². The van der Waals surface area contributed by atoms with Crippen molar-refractivity contribution >= 4 is 5.97 Å². The van der Waals surface area contributed by atoms with Gasteiger partial charge < -0.3 is 5.11 Å². The molecule has 0 saturated heterocycles. The third-order valence-corrected chi connectivity index (χ3v) is 0.464. The van der Waals surface area contributed by atoms with Crippen molar-refractivity contribution in [2.24, 2.45) is 0 Å². The number of carboxylic acid groups (broad SMARTS) is 1. The van der Waals surface area contributed by atoms with Gasteiger partial charge in [0.1, 0.15) is 0 Å². The Morgan fingerprint density at radius 2 is 2.33 bits per heavy atom. The molecular weight excluding hydrogens is 81.0 g/mol. The number of hydrogen-bond acceptors (Lipinski definition) is 1. The molecule has 0 aromatic heterocycles. The first-order valence-corrected chi connectivity index (χ1v) is 1.99. The quantitative estimate of drug-likeness (QED) is 0.509. The second kappa shape index (κ2) is 2.69. The van der Waals surface area contributed by atoms with Gasteiger partial charge in [0.05, 0.1) is 0 Å². The van der Waals surface area contributed by atoms with Crippen LogP contribution in [0.5, 0.6) is 0 Å². The maximum atomic E-state index is 9.60. The van der Waals surface area contributed by atoms with Crippen LogP contribution in [0.3, 0.4) is 0 Å². The predicted molar refractivity (Wildman–Crippen MR) is 22.5 cm³/mol. The third-order valence-electron chi connectivity index (χ3n) is 0.464. The van der Waals surface area contributed by atoms with Crippen LogP contribution in [0.4, 0.5) is 0 Å². The average molecular weight is 89.1 g/mol. The summed E-state index contributed by atoms with van der Waals surface area (Å²) in [6.07, 6.45) is 1.02. The molecule has 0 amide bonds. The van der Waals surface area contributed by atoms with E-state index in [1.54, 1.807) is 0 Å². The summed E-state index contributed by atoms with van der Waals surface area (Å²) in [4.78, 5) is 9.60. The zero-order valence-electron chi connectivity index (χ0n) is 3.77. The van der Waals surface area contributed by atoms with Gasteiger partial charge in [0, 0.05) is 6.42 Å². The van der Waals surface area contributed by atoms with Crippen molar-refractivity contribution in [1.29, 1.82) is 0 Å². The summed E-state index contributed by atoms with van der Waals surface area (Å²) >= 11 is 0. The Balaban J connectivity index is 2.83. The molecule has 0 heterocycles. The maximum absolute atomic E-state index is 9.60. The fourth-order valence-corrected chi connectivity index (χ4v) is 0.214. The highest BCUT2D eigenvalue weighted by molar-refractivity contribution is 5.66. The molecule has 0 aliphatic carbocycles. The molecule has 0 aliphatic rings. The van der Waals surface area contributed by atoms with Crippen molar-refractivity contribution in [3.8, 4) is 0 Å². The molecule has 0 fully saturated rings. The maximum Gasteiger partial charge on any atom is 0.303 e. The van der Waals surface area contributed by atoms with Crippen LogP contribution in [0.1, 0.15) is 19.8 Å². The number of carboxylic acids is 1. The van der Waals surface area contributed by atoms with Gasteiger partial charge in [0.2, 0.25) is 0 Å². The Kier molecular flexibility index (Phi) is 2.46. The number of hydrogen-bond donors (Lipinski definition) is 1. The monoisotopic (exact) mass is 89.1 g/mol. The third kappa shape index (κ3) is 3.47. The molecule has 6 heavy (non-hydrogen) atoms. The van der Waals surface area contributed by atoms with Crippen LogP contribution in [0, 0.1) is 0 Å². The van der Waals surface area contributed by atoms with E-state index in [2.05, 4.69) is 0 Å². The van der Waals surface area contributed by atoms with Gasteiger partial charge in [-0.3, -0.25) is 4.79 Å². The number of carbonyl (C=O) groups is 1. The highest BCUT2D eigenvalue weighted by atomic mass is 16.4. The normalized spacial score (nSPS) is 8.17. The lowest BCUT2D eigenvalue weighted by Crippen LogP contribution is -1.90. The van der Waals surface area contributed by atoms with Gasteiger partial charge in [0.15, 0.2) is 0 Å². The van der Waals surface area contributed by atoms with Crippen molar-refractivity contribution in [1.82, 2.24) is 0 Å². The lowest BCUT2D eigenvalue weighted by Gasteiger charge is -1.79. The minimum Gasteiger partial charge on any atom is -0.481 e. The van der Waals surface area contributed by atoms with Crippen LogP contribution in [0.25, 0.3) is 0 Å². The molecule has 0 aromatic carbocycles. The molecule has 0 bridgehead atoms. The van der Waals surface area contributed by atoms with Crippen LogP contribution in [0.2, 0.25) is 0 Å². The van der Waals surface area contributed by atoms with Crippen LogP contribution >= 0.6 is 0 Å². The molecular formula is C4H8O2. The summed E-state index contributed by atoms with van der Waals surface area (Å²) < 4.78 is 0. The van der Waals surface area contributed by atoms with E-state index < -0.39 is 5.97 Å². The second-order valence-electron chi connectivity index (χ2n) is 1.14. The highest BCUT2D eigenvalue weighted by Crippen LogP contribution is 1.82. The molecule has 0 atom stereocenters. The molecule has 0 spiro atoms. The first kappa shape index (κ1) is 5.47. The van der Waals surface area contributed by atoms with E-state index in [4.69, 9.17) is 5.11 Å². The Labute approximate surface area is 36.8 Å². The minimum absolute atomic E-state index is 0.292. The molecule has 0 radical (unpaired) electrons. The van der Waals surface area contributed by atoms with Crippen LogP contribution < -0.4 is 0 Å². The molecule has 36 valence electrons. The molecule has 0 aliphatic heterocycles. The van der Waals surface area contributed by atoms with Gasteiger partial charge in [-0.25, -0.2) is 0 Å². The van der Waals surface area contributed by atoms with Gasteiger partial charge in [0.25, 0.3) is 0 Å². The predicted octanol–water partition coefficient (Wildman–Crippen LogP) is 0.871. The molecule has 0 saturated carbocycles. The smallest absolute Gasteiger partial charge is 0.303 e. The van der Waals surface area contributed by atoms with Crippen LogP contribution in [-0.4, -0.2) is 11.1 Å². The Morgan fingerprint density at radius 1 is 1.83 bits per heavy atom. The summed E-state index contributed by atoms with van der Waals surface area (Å²) in [5, 5.41) is 7.91. The molecule has 0 rings (SSSR count). The standard InChI is InChI=1S/C4H8O2/c1-2-3-4(5)6/h2-3H2,1H3,(H,5,6)/i1+1. The van der Waals surface area contributed by atoms with Crippen molar-refractivity contribution in [3.05, 3.63) is 0 Å². The minimum atomic E-state index is -0.711. The van der Waals surface area contributed by atoms with Gasteiger partial charge in [-0.2, -0.15) is 0 Å². The van der Waals surface area contributed by atoms with E-state index in [0.717, 1.165) is 6.42 Å². The average Bonchev–Trinajstić information content (AvgIpc) is 1.35. The first-order valence-electron chi connectivity index (χ1n) is 1.99. The highest BCUT2D eigenvalue weighted by Gasteiger charge is 1.87. The first-order chi connectivity index (χ1) is 2.77. The lowest BCUT2D eigenvalue weighted by molar-refractivity contribution is -0.137. The molecule has 2 heteroatoms. The zero-order valence-corrected chi connectivity index (χ0v) is 3.77. The summed E-state index contributed by atoms with van der Waals surface area (Å²) in [5.41, 5.74) is 0. The topological polar surface area (TPSA) is 37.3 Å². The van der Waals surface area contributed by atoms with Crippen molar-refractivity contribution in [3.63, 3.8) is 0 Å². The van der Waals surface area contributed by atoms with Gasteiger partial charge in [-0.05, 0) is 6.42 Å². The Morgan fingerprint density at radius 3 is 2.33 bits per heavy atom. The fraction of sp³-hybridized carbons (Fsp3) is 0.750. The zero-order chi connectivity index (χ0) is 4.99. The lowest BCUT2D eigenvalue weighted by atomic mass is 10.4. The largest absolute Gasteiger partial charge is 0.481 e. The summed E-state index contributed by atoms with van der Waals surface area (Å²) in [5.74, 6) is -0.711. The molecule has 2 nitrogen and oxygen atoms in total. The van der Waals surface area contributed by atoms with Crippen molar-refractivity contribution in [2.45, 2.75) is 19.8 Å². The van der Waals surface area contributed by atoms with E-state index >= 15 is 0 Å². The van der Waals surface area contributed by atoms with Gasteiger partial charge >= 0.3 is 5.97 Å². The number of rotatable bonds is 2. The van der Waals surface area contributed by atoms with Gasteiger partial charge in [-0.1, -0.05) is 6.92 Å². The van der Waals surface area contributed by atoms with Crippen molar-refractivity contribution in [2.75, 3.05) is 0 Å². The Hall–Kier alpha value is -0.530. The van der Waals surface area contributed by atoms with Crippen molar-refractivity contribution < 1.29 is 9.90 Å². The van der Waals surface area contributed by atoms with E-state index in [1.165, 1.54) is 0 Å². The van der Waals surface area contributed by atoms with Crippen LogP contribution in [-0.2, 0) is 4.79 Å². The van der Waals surface area contributed by atoms with E-state index in [0.29, 0.717) is 6.42 Å². The number of aliphatic carboxylic acids is 1. The van der Waals surface area contributed by atoms with E-state index in [1.807, 2.05) is 6.92 Å². The SMILES string of the molecule is [13CH3]CCC(=O)O. The van der Waals surface area contributed by atoms with E-state index in [9.17, 15) is 4.79 Å². The summed E-state index contributed by atoms with van der Waals surface area (Å²) in [6.45, 7) is 1.84. The summed E-state index contributed by atoms with van der Waals surface area (Å²) in [7, 11) is 0. The fourth-order valence-electron chi connectivity index (χ4n) is 0.214. The molecule has 1 N–H and O–H groups in total.